The number of hydrogen-bond acceptors (Lipinski definition) is 7. The molecule has 0 aromatic heterocycles. The van der Waals surface area contributed by atoms with Crippen molar-refractivity contribution in [2.24, 2.45) is 11.8 Å². The van der Waals surface area contributed by atoms with Crippen LogP contribution in [0.25, 0.3) is 0 Å². The molecule has 9 heteroatoms. The van der Waals surface area contributed by atoms with E-state index in [0.717, 1.165) is 4.90 Å². The average Bonchev–Trinajstić information content (AvgIpc) is 2.86. The molecular weight excluding hydrogens is 446 g/mol. The molecule has 2 rings (SSSR count). The zero-order valence-corrected chi connectivity index (χ0v) is 19.1. The maximum absolute atomic E-state index is 13.2. The Kier molecular flexibility index (Phi) is 7.30. The quantitative estimate of drug-likeness (QED) is 0.543. The summed E-state index contributed by atoms with van der Waals surface area (Å²) in [5, 5.41) is 19.8. The number of aliphatic hydroxyl groups is 2. The highest BCUT2D eigenvalue weighted by Crippen LogP contribution is 2.39. The summed E-state index contributed by atoms with van der Waals surface area (Å²) in [4.78, 5) is 39.2. The second-order valence-electron chi connectivity index (χ2n) is 8.56. The highest BCUT2D eigenvalue weighted by molar-refractivity contribution is 9.11. The number of imide groups is 1. The number of ether oxygens (including phenoxy) is 2. The molecule has 2 amide bonds. The lowest BCUT2D eigenvalue weighted by Crippen LogP contribution is -2.54. The zero-order chi connectivity index (χ0) is 22.1. The van der Waals surface area contributed by atoms with Gasteiger partial charge in [0.05, 0.1) is 16.4 Å². The summed E-state index contributed by atoms with van der Waals surface area (Å²) in [6.07, 6.45) is 0.285. The molecule has 1 saturated heterocycles. The molecule has 0 radical (unpaired) electrons. The predicted molar refractivity (Wildman–Crippen MR) is 108 cm³/mol. The van der Waals surface area contributed by atoms with Gasteiger partial charge in [-0.2, -0.15) is 0 Å². The third kappa shape index (κ3) is 4.73. The lowest BCUT2D eigenvalue weighted by molar-refractivity contribution is -0.217. The monoisotopic (exact) mass is 475 g/mol. The number of nitrogens with zero attached hydrogens (tertiary/aromatic N) is 1. The van der Waals surface area contributed by atoms with Crippen LogP contribution in [-0.4, -0.2) is 63.0 Å². The van der Waals surface area contributed by atoms with E-state index in [2.05, 4.69) is 15.9 Å². The zero-order valence-electron chi connectivity index (χ0n) is 17.5. The number of ketones is 1. The number of aliphatic hydroxyl groups excluding tert-OH is 1. The first kappa shape index (κ1) is 24.0. The minimum atomic E-state index is -1.77. The second kappa shape index (κ2) is 8.83. The molecule has 0 saturated carbocycles. The van der Waals surface area contributed by atoms with Crippen molar-refractivity contribution < 1.29 is 34.1 Å². The number of cyclic esters (lactones) is 1. The molecule has 0 unspecified atom stereocenters. The summed E-state index contributed by atoms with van der Waals surface area (Å²) >= 11 is 3.17. The maximum atomic E-state index is 13.2. The van der Waals surface area contributed by atoms with Gasteiger partial charge in [0.2, 0.25) is 5.91 Å². The van der Waals surface area contributed by atoms with E-state index in [1.165, 1.54) is 13.0 Å². The van der Waals surface area contributed by atoms with Crippen LogP contribution in [0, 0.1) is 11.8 Å². The predicted octanol–water partition coefficient (Wildman–Crippen LogP) is 2.50. The van der Waals surface area contributed by atoms with Crippen LogP contribution >= 0.6 is 15.9 Å². The van der Waals surface area contributed by atoms with Crippen LogP contribution in [0.4, 0.5) is 4.79 Å². The van der Waals surface area contributed by atoms with Crippen LogP contribution in [-0.2, 0) is 19.1 Å². The van der Waals surface area contributed by atoms with E-state index < -0.39 is 47.2 Å². The van der Waals surface area contributed by atoms with Gasteiger partial charge in [0, 0.05) is 13.0 Å². The van der Waals surface area contributed by atoms with Crippen molar-refractivity contribution in [3.05, 3.63) is 10.6 Å². The van der Waals surface area contributed by atoms with Gasteiger partial charge in [0.25, 0.3) is 0 Å². The van der Waals surface area contributed by atoms with E-state index in [0.29, 0.717) is 12.8 Å². The molecular formula is C20H30BrNO7. The van der Waals surface area contributed by atoms with Crippen LogP contribution in [0.5, 0.6) is 0 Å². The maximum Gasteiger partial charge on any atom is 0.417 e. The molecule has 0 aromatic rings. The van der Waals surface area contributed by atoms with E-state index in [-0.39, 0.29) is 23.4 Å². The van der Waals surface area contributed by atoms with E-state index in [9.17, 15) is 19.5 Å². The van der Waals surface area contributed by atoms with Crippen LogP contribution in [0.15, 0.2) is 10.6 Å². The molecule has 0 aliphatic carbocycles. The summed E-state index contributed by atoms with van der Waals surface area (Å²) < 4.78 is 11.2. The number of unbranched alkanes of at least 4 members (excludes halogenated alkanes) is 1. The van der Waals surface area contributed by atoms with Crippen molar-refractivity contribution in [3.63, 3.8) is 0 Å². The van der Waals surface area contributed by atoms with Crippen molar-refractivity contribution in [2.75, 3.05) is 6.61 Å². The van der Waals surface area contributed by atoms with E-state index in [1.54, 1.807) is 13.8 Å². The largest absolute Gasteiger partial charge is 0.441 e. The first-order chi connectivity index (χ1) is 13.4. The molecule has 1 fully saturated rings. The van der Waals surface area contributed by atoms with Gasteiger partial charge in [-0.3, -0.25) is 9.59 Å². The summed E-state index contributed by atoms with van der Waals surface area (Å²) in [5.74, 6) is -3.89. The standard InChI is InChI=1S/C20H30BrNO7/c1-11(2)16-19(4,5)29-18(26)22(16)17(25)12(3)15-13(24)10-14(21)20(27,28-15)8-6-7-9-23/h10-12,15-16,23,27H,6-9H2,1-5H3/t12-,15-,16-,20+/m0/s1. The summed E-state index contributed by atoms with van der Waals surface area (Å²) in [7, 11) is 0. The van der Waals surface area contributed by atoms with Crippen LogP contribution in [0.1, 0.15) is 53.9 Å². The van der Waals surface area contributed by atoms with Crippen molar-refractivity contribution in [1.82, 2.24) is 4.90 Å². The Bertz CT molecular complexity index is 705. The average molecular weight is 476 g/mol. The van der Waals surface area contributed by atoms with Gasteiger partial charge < -0.3 is 19.7 Å². The Hall–Kier alpha value is -1.29. The van der Waals surface area contributed by atoms with Crippen molar-refractivity contribution >= 4 is 33.7 Å². The number of amides is 2. The lowest BCUT2D eigenvalue weighted by Gasteiger charge is -2.38. The SMILES string of the molecule is CC(C)[C@@H]1N(C(=O)[C@@H](C)[C@@H]2O[C@](O)(CCCCO)C(Br)=CC2=O)C(=O)OC1(C)C. The topological polar surface area (TPSA) is 113 Å². The molecule has 164 valence electrons. The molecule has 0 spiro atoms. The third-order valence-corrected chi connectivity index (χ3v) is 6.27. The fourth-order valence-corrected chi connectivity index (χ4v) is 4.60. The summed E-state index contributed by atoms with van der Waals surface area (Å²) in [6, 6.07) is -0.491. The van der Waals surface area contributed by atoms with Gasteiger partial charge in [0.1, 0.15) is 11.7 Å². The normalized spacial score (nSPS) is 30.4. The second-order valence-corrected chi connectivity index (χ2v) is 9.41. The molecule has 4 atom stereocenters. The highest BCUT2D eigenvalue weighted by Gasteiger charge is 2.54. The molecule has 2 N–H and O–H groups in total. The number of carbonyl (C=O) groups is 3. The fourth-order valence-electron chi connectivity index (χ4n) is 4.08. The number of rotatable bonds is 7. The highest BCUT2D eigenvalue weighted by atomic mass is 79.9. The Labute approximate surface area is 179 Å². The Morgan fingerprint density at radius 2 is 1.90 bits per heavy atom. The van der Waals surface area contributed by atoms with Gasteiger partial charge in [-0.15, -0.1) is 0 Å². The van der Waals surface area contributed by atoms with E-state index in [1.807, 2.05) is 13.8 Å². The summed E-state index contributed by atoms with van der Waals surface area (Å²) in [6.45, 7) is 8.74. The molecule has 0 bridgehead atoms. The van der Waals surface area contributed by atoms with E-state index >= 15 is 0 Å². The van der Waals surface area contributed by atoms with Gasteiger partial charge in [-0.1, -0.05) is 20.8 Å². The van der Waals surface area contributed by atoms with Gasteiger partial charge in [0.15, 0.2) is 11.6 Å². The molecule has 2 aliphatic heterocycles. The lowest BCUT2D eigenvalue weighted by atomic mass is 9.87. The van der Waals surface area contributed by atoms with Crippen molar-refractivity contribution in [2.45, 2.75) is 77.4 Å². The molecule has 0 aromatic carbocycles. The molecule has 2 heterocycles. The van der Waals surface area contributed by atoms with Crippen LogP contribution in [0.2, 0.25) is 0 Å². The Balaban J connectivity index is 2.26. The van der Waals surface area contributed by atoms with Crippen LogP contribution < -0.4 is 0 Å². The van der Waals surface area contributed by atoms with Crippen LogP contribution in [0.3, 0.4) is 0 Å². The van der Waals surface area contributed by atoms with Gasteiger partial charge >= 0.3 is 6.09 Å². The van der Waals surface area contributed by atoms with Gasteiger partial charge in [-0.25, -0.2) is 9.69 Å². The number of hydrogen-bond donors (Lipinski definition) is 2. The third-order valence-electron chi connectivity index (χ3n) is 5.42. The smallest absolute Gasteiger partial charge is 0.417 e. The van der Waals surface area contributed by atoms with Crippen molar-refractivity contribution in [3.8, 4) is 0 Å². The van der Waals surface area contributed by atoms with Crippen molar-refractivity contribution in [1.29, 1.82) is 0 Å². The minimum Gasteiger partial charge on any atom is -0.441 e. The number of carbonyl (C=O) groups excluding carboxylic acids is 3. The Morgan fingerprint density at radius 1 is 1.28 bits per heavy atom. The first-order valence-electron chi connectivity index (χ1n) is 9.84. The molecule has 8 nitrogen and oxygen atoms in total. The van der Waals surface area contributed by atoms with Gasteiger partial charge in [-0.05, 0) is 54.6 Å². The van der Waals surface area contributed by atoms with E-state index in [4.69, 9.17) is 14.6 Å². The summed E-state index contributed by atoms with van der Waals surface area (Å²) in [5.41, 5.74) is -0.855. The first-order valence-corrected chi connectivity index (χ1v) is 10.6. The number of halogens is 1. The molecule has 29 heavy (non-hydrogen) atoms. The molecule has 2 aliphatic rings. The minimum absolute atomic E-state index is 0.0297. The fraction of sp³-hybridized carbons (Fsp3) is 0.750. The Morgan fingerprint density at radius 3 is 2.45 bits per heavy atom.